The zero-order valence-electron chi connectivity index (χ0n) is 16.7. The number of rotatable bonds is 4. The van der Waals surface area contributed by atoms with Crippen LogP contribution in [-0.4, -0.2) is 19.7 Å². The van der Waals surface area contributed by atoms with Gasteiger partial charge in [-0.3, -0.25) is 9.36 Å². The van der Waals surface area contributed by atoms with E-state index in [1.165, 1.54) is 4.57 Å². The Morgan fingerprint density at radius 2 is 1.68 bits per heavy atom. The van der Waals surface area contributed by atoms with Gasteiger partial charge < -0.3 is 9.51 Å². The predicted molar refractivity (Wildman–Crippen MR) is 118 cm³/mol. The number of fused-ring (bicyclic) bond motifs is 1. The molecule has 0 aliphatic heterocycles. The highest BCUT2D eigenvalue weighted by atomic mass is 16.5. The van der Waals surface area contributed by atoms with Gasteiger partial charge in [0.25, 0.3) is 11.4 Å². The highest BCUT2D eigenvalue weighted by Crippen LogP contribution is 2.24. The molecule has 3 aromatic carbocycles. The molecule has 7 nitrogen and oxygen atoms in total. The summed E-state index contributed by atoms with van der Waals surface area (Å²) in [5.74, 6) is 0.786. The molecular formula is C24H18N4O3. The summed E-state index contributed by atoms with van der Waals surface area (Å²) in [6.07, 6.45) is 0. The quantitative estimate of drug-likeness (QED) is 0.487. The van der Waals surface area contributed by atoms with Crippen LogP contribution in [0.1, 0.15) is 11.1 Å². The average molecular weight is 410 g/mol. The van der Waals surface area contributed by atoms with Crippen molar-refractivity contribution in [3.05, 3.63) is 105 Å². The largest absolute Gasteiger partial charge is 0.334 e. The van der Waals surface area contributed by atoms with E-state index in [9.17, 15) is 9.59 Å². The Morgan fingerprint density at radius 1 is 0.935 bits per heavy atom. The number of hydrogen-bond donors (Lipinski definition) is 1. The van der Waals surface area contributed by atoms with Crippen LogP contribution < -0.4 is 11.2 Å². The number of nitrogens with zero attached hydrogens (tertiary/aromatic N) is 3. The fourth-order valence-electron chi connectivity index (χ4n) is 3.46. The van der Waals surface area contributed by atoms with Gasteiger partial charge in [-0.05, 0) is 30.7 Å². The highest BCUT2D eigenvalue weighted by Gasteiger charge is 2.14. The van der Waals surface area contributed by atoms with Gasteiger partial charge in [-0.25, -0.2) is 4.79 Å². The van der Waals surface area contributed by atoms with Gasteiger partial charge in [0.05, 0.1) is 17.4 Å². The van der Waals surface area contributed by atoms with Crippen molar-refractivity contribution >= 4 is 10.9 Å². The summed E-state index contributed by atoms with van der Waals surface area (Å²) in [6.45, 7) is 2.21. The lowest BCUT2D eigenvalue weighted by molar-refractivity contribution is 0.432. The van der Waals surface area contributed by atoms with Crippen molar-refractivity contribution in [1.29, 1.82) is 0 Å². The van der Waals surface area contributed by atoms with Gasteiger partial charge in [0.2, 0.25) is 5.82 Å². The zero-order chi connectivity index (χ0) is 21.4. The second-order valence-electron chi connectivity index (χ2n) is 7.36. The van der Waals surface area contributed by atoms with Gasteiger partial charge >= 0.3 is 5.69 Å². The van der Waals surface area contributed by atoms with Crippen LogP contribution in [0.15, 0.2) is 86.9 Å². The first-order chi connectivity index (χ1) is 15.1. The summed E-state index contributed by atoms with van der Waals surface area (Å²) in [5.41, 5.74) is 3.09. The van der Waals surface area contributed by atoms with Crippen molar-refractivity contribution in [2.45, 2.75) is 13.5 Å². The van der Waals surface area contributed by atoms with Crippen LogP contribution in [0.25, 0.3) is 33.7 Å². The maximum absolute atomic E-state index is 12.9. The lowest BCUT2D eigenvalue weighted by Crippen LogP contribution is -2.35. The van der Waals surface area contributed by atoms with E-state index in [-0.39, 0.29) is 12.1 Å². The van der Waals surface area contributed by atoms with Gasteiger partial charge in [0.1, 0.15) is 0 Å². The molecule has 5 rings (SSSR count). The van der Waals surface area contributed by atoms with E-state index in [0.29, 0.717) is 28.2 Å². The minimum Gasteiger partial charge on any atom is -0.334 e. The molecule has 152 valence electrons. The van der Waals surface area contributed by atoms with E-state index in [1.54, 1.807) is 18.2 Å². The van der Waals surface area contributed by atoms with E-state index in [4.69, 9.17) is 4.52 Å². The van der Waals surface area contributed by atoms with Crippen LogP contribution in [0.2, 0.25) is 0 Å². The van der Waals surface area contributed by atoms with Gasteiger partial charge in [0, 0.05) is 11.1 Å². The average Bonchev–Trinajstić information content (AvgIpc) is 3.28. The summed E-state index contributed by atoms with van der Waals surface area (Å²) < 4.78 is 6.61. The third-order valence-electron chi connectivity index (χ3n) is 5.15. The fraction of sp³-hybridized carbons (Fsp3) is 0.0833. The number of H-pyrrole nitrogens is 1. The molecule has 2 aromatic heterocycles. The summed E-state index contributed by atoms with van der Waals surface area (Å²) in [4.78, 5) is 32.7. The molecule has 0 radical (unpaired) electrons. The second kappa shape index (κ2) is 7.53. The third-order valence-corrected chi connectivity index (χ3v) is 5.15. The standard InChI is InChI=1S/C24H18N4O3/c1-15-7-9-17(10-8-15)21-26-22(31-27-21)18-11-12-19-20(13-18)25-24(30)28(23(19)29)14-16-5-3-2-4-6-16/h2-13H,14H2,1H3,(H,25,30). The van der Waals surface area contributed by atoms with Crippen molar-refractivity contribution in [3.63, 3.8) is 0 Å². The first-order valence-corrected chi connectivity index (χ1v) is 9.80. The van der Waals surface area contributed by atoms with Gasteiger partial charge in [-0.15, -0.1) is 0 Å². The number of aryl methyl sites for hydroxylation is 1. The molecule has 0 bridgehead atoms. The molecule has 7 heteroatoms. The van der Waals surface area contributed by atoms with Gasteiger partial charge in [-0.1, -0.05) is 65.3 Å². The van der Waals surface area contributed by atoms with E-state index in [1.807, 2.05) is 61.5 Å². The Balaban J connectivity index is 1.52. The first-order valence-electron chi connectivity index (χ1n) is 9.80. The second-order valence-corrected chi connectivity index (χ2v) is 7.36. The minimum absolute atomic E-state index is 0.205. The number of aromatic amines is 1. The van der Waals surface area contributed by atoms with Crippen LogP contribution in [0.3, 0.4) is 0 Å². The number of hydrogen-bond acceptors (Lipinski definition) is 5. The summed E-state index contributed by atoms with van der Waals surface area (Å²) in [7, 11) is 0. The Morgan fingerprint density at radius 3 is 2.45 bits per heavy atom. The van der Waals surface area contributed by atoms with Crippen molar-refractivity contribution in [3.8, 4) is 22.8 Å². The van der Waals surface area contributed by atoms with Crippen molar-refractivity contribution in [1.82, 2.24) is 19.7 Å². The van der Waals surface area contributed by atoms with Crippen LogP contribution in [0, 0.1) is 6.92 Å². The maximum Gasteiger partial charge on any atom is 0.329 e. The molecule has 0 aliphatic carbocycles. The molecule has 0 spiro atoms. The number of benzene rings is 3. The normalized spacial score (nSPS) is 11.1. The van der Waals surface area contributed by atoms with Gasteiger partial charge in [-0.2, -0.15) is 4.98 Å². The van der Waals surface area contributed by atoms with E-state index in [0.717, 1.165) is 16.7 Å². The van der Waals surface area contributed by atoms with E-state index in [2.05, 4.69) is 15.1 Å². The Hall–Kier alpha value is -4.26. The summed E-state index contributed by atoms with van der Waals surface area (Å²) in [6, 6.07) is 22.3. The topological polar surface area (TPSA) is 93.8 Å². The molecule has 0 saturated carbocycles. The smallest absolute Gasteiger partial charge is 0.329 e. The molecule has 2 heterocycles. The first kappa shape index (κ1) is 18.7. The number of nitrogens with one attached hydrogen (secondary N) is 1. The van der Waals surface area contributed by atoms with Crippen molar-refractivity contribution in [2.75, 3.05) is 0 Å². The monoisotopic (exact) mass is 410 g/mol. The van der Waals surface area contributed by atoms with E-state index >= 15 is 0 Å². The van der Waals surface area contributed by atoms with Gasteiger partial charge in [0.15, 0.2) is 0 Å². The molecule has 1 N–H and O–H groups in total. The predicted octanol–water partition coefficient (Wildman–Crippen LogP) is 3.76. The van der Waals surface area contributed by atoms with Crippen LogP contribution in [0.4, 0.5) is 0 Å². The minimum atomic E-state index is -0.468. The molecule has 5 aromatic rings. The van der Waals surface area contributed by atoms with Crippen molar-refractivity contribution in [2.24, 2.45) is 0 Å². The third kappa shape index (κ3) is 3.57. The van der Waals surface area contributed by atoms with E-state index < -0.39 is 5.69 Å². The van der Waals surface area contributed by atoms with Crippen LogP contribution in [0.5, 0.6) is 0 Å². The SMILES string of the molecule is Cc1ccc(-c2noc(-c3ccc4c(=O)n(Cc5ccccc5)c(=O)[nH]c4c3)n2)cc1. The fourth-order valence-corrected chi connectivity index (χ4v) is 3.46. The Bertz CT molecular complexity index is 1500. The zero-order valence-corrected chi connectivity index (χ0v) is 16.7. The molecular weight excluding hydrogens is 392 g/mol. The van der Waals surface area contributed by atoms with Crippen LogP contribution in [-0.2, 0) is 6.54 Å². The van der Waals surface area contributed by atoms with Crippen LogP contribution >= 0.6 is 0 Å². The Kier molecular flexibility index (Phi) is 4.55. The molecule has 0 amide bonds. The summed E-state index contributed by atoms with van der Waals surface area (Å²) in [5, 5.41) is 4.46. The lowest BCUT2D eigenvalue weighted by Gasteiger charge is -2.07. The molecule has 0 atom stereocenters. The number of aromatic nitrogens is 4. The molecule has 0 aliphatic rings. The van der Waals surface area contributed by atoms with Crippen molar-refractivity contribution < 1.29 is 4.52 Å². The molecule has 31 heavy (non-hydrogen) atoms. The summed E-state index contributed by atoms with van der Waals surface area (Å²) >= 11 is 0. The maximum atomic E-state index is 12.9. The Labute approximate surface area is 176 Å². The molecule has 0 saturated heterocycles. The molecule has 0 fully saturated rings. The molecule has 0 unspecified atom stereocenters. The lowest BCUT2D eigenvalue weighted by atomic mass is 10.1. The highest BCUT2D eigenvalue weighted by molar-refractivity contribution is 5.82.